The van der Waals surface area contributed by atoms with Crippen molar-refractivity contribution in [2.45, 2.75) is 69.5 Å². The van der Waals surface area contributed by atoms with Crippen molar-refractivity contribution in [3.8, 4) is 17.0 Å². The van der Waals surface area contributed by atoms with Gasteiger partial charge in [-0.15, -0.1) is 0 Å². The molecule has 4 saturated carbocycles. The summed E-state index contributed by atoms with van der Waals surface area (Å²) in [7, 11) is 3.79. The highest BCUT2D eigenvalue weighted by atomic mass is 35.5. The predicted octanol–water partition coefficient (Wildman–Crippen LogP) is 7.92. The van der Waals surface area contributed by atoms with E-state index in [2.05, 4.69) is 15.1 Å². The summed E-state index contributed by atoms with van der Waals surface area (Å²) < 4.78 is 19.0. The van der Waals surface area contributed by atoms with Gasteiger partial charge in [0.2, 0.25) is 0 Å². The molecule has 2 bridgehead atoms. The van der Waals surface area contributed by atoms with Gasteiger partial charge in [0, 0.05) is 60.0 Å². The Hall–Kier alpha value is -3.40. The minimum atomic E-state index is -1.04. The summed E-state index contributed by atoms with van der Waals surface area (Å²) in [5.41, 5.74) is 3.61. The van der Waals surface area contributed by atoms with Gasteiger partial charge in [-0.25, -0.2) is 9.78 Å². The fraction of sp³-hybridized carbons (Fsp3) is 0.455. The summed E-state index contributed by atoms with van der Waals surface area (Å²) in [6.45, 7) is 1.04. The Labute approximate surface area is 265 Å². The highest BCUT2D eigenvalue weighted by Gasteiger charge is 2.50. The summed E-state index contributed by atoms with van der Waals surface area (Å²) in [6.07, 6.45) is 11.3. The Bertz CT molecular complexity index is 1710. The molecule has 0 spiro atoms. The summed E-state index contributed by atoms with van der Waals surface area (Å²) in [4.78, 5) is 21.9. The number of aromatic carboxylic acids is 1. The number of pyridine rings is 2. The maximum atomic E-state index is 11.6. The van der Waals surface area contributed by atoms with Crippen LogP contribution in [-0.4, -0.2) is 52.5 Å². The molecule has 3 heterocycles. The molecule has 0 amide bonds. The molecule has 44 heavy (non-hydrogen) atoms. The van der Waals surface area contributed by atoms with E-state index in [0.717, 1.165) is 79.5 Å². The third kappa shape index (κ3) is 5.39. The Morgan fingerprint density at radius 2 is 1.77 bits per heavy atom. The van der Waals surface area contributed by atoms with Gasteiger partial charge in [-0.2, -0.15) is 0 Å². The van der Waals surface area contributed by atoms with E-state index in [4.69, 9.17) is 37.2 Å². The van der Waals surface area contributed by atoms with E-state index in [0.29, 0.717) is 46.0 Å². The zero-order valence-corrected chi connectivity index (χ0v) is 26.2. The summed E-state index contributed by atoms with van der Waals surface area (Å²) in [6, 6.07) is 7.29. The molecular formula is C33H34Cl2N4O5. The van der Waals surface area contributed by atoms with Crippen LogP contribution in [0.3, 0.4) is 0 Å². The molecule has 0 unspecified atom stereocenters. The van der Waals surface area contributed by atoms with E-state index in [-0.39, 0.29) is 16.7 Å². The normalized spacial score (nSPS) is 22.8. The molecule has 9 nitrogen and oxygen atoms in total. The van der Waals surface area contributed by atoms with Crippen molar-refractivity contribution < 1.29 is 23.9 Å². The van der Waals surface area contributed by atoms with Gasteiger partial charge in [-0.1, -0.05) is 28.4 Å². The fourth-order valence-electron chi connectivity index (χ4n) is 6.84. The molecular weight excluding hydrogens is 603 g/mol. The molecule has 1 aromatic carbocycles. The van der Waals surface area contributed by atoms with Crippen molar-refractivity contribution >= 4 is 45.8 Å². The smallest absolute Gasteiger partial charge is 0.354 e. The molecule has 4 aliphatic rings. The van der Waals surface area contributed by atoms with Gasteiger partial charge in [0.25, 0.3) is 0 Å². The minimum Gasteiger partial charge on any atom is -0.493 e. The first-order valence-corrected chi connectivity index (χ1v) is 15.8. The van der Waals surface area contributed by atoms with Gasteiger partial charge < -0.3 is 24.0 Å². The number of carboxylic acid groups (broad SMARTS) is 1. The molecule has 230 valence electrons. The second-order valence-electron chi connectivity index (χ2n) is 12.8. The first kappa shape index (κ1) is 29.3. The molecule has 4 aromatic rings. The van der Waals surface area contributed by atoms with Crippen LogP contribution in [0.1, 0.15) is 79.1 Å². The first-order chi connectivity index (χ1) is 21.2. The van der Waals surface area contributed by atoms with Gasteiger partial charge in [-0.3, -0.25) is 4.98 Å². The van der Waals surface area contributed by atoms with Crippen LogP contribution in [0, 0.1) is 5.41 Å². The zero-order chi connectivity index (χ0) is 30.6. The van der Waals surface area contributed by atoms with Gasteiger partial charge >= 0.3 is 5.97 Å². The number of hydrogen-bond donors (Lipinski definition) is 1. The molecule has 1 N–H and O–H groups in total. The van der Waals surface area contributed by atoms with Gasteiger partial charge in [0.05, 0.1) is 34.4 Å². The Morgan fingerprint density at radius 1 is 1.07 bits per heavy atom. The zero-order valence-electron chi connectivity index (χ0n) is 24.7. The second-order valence-corrected chi connectivity index (χ2v) is 13.6. The monoisotopic (exact) mass is 636 g/mol. The number of rotatable bonds is 10. The van der Waals surface area contributed by atoms with Gasteiger partial charge in [-0.05, 0) is 75.6 Å². The lowest BCUT2D eigenvalue weighted by Gasteiger charge is -2.52. The number of aromatic nitrogens is 3. The lowest BCUT2D eigenvalue weighted by atomic mass is 9.59. The van der Waals surface area contributed by atoms with Gasteiger partial charge in [0.15, 0.2) is 5.69 Å². The number of nitrogens with zero attached hydrogens (tertiary/aromatic N) is 4. The number of benzene rings is 1. The van der Waals surface area contributed by atoms with E-state index in [1.807, 2.05) is 37.2 Å². The van der Waals surface area contributed by atoms with Crippen LogP contribution < -0.4 is 9.64 Å². The van der Waals surface area contributed by atoms with Crippen molar-refractivity contribution in [2.24, 2.45) is 5.41 Å². The maximum absolute atomic E-state index is 11.6. The SMILES string of the molecule is CN(C)c1cc(C(=O)O)nc2ccc(OCC34CCC(OCc5c(-c6c(Cl)cncc6Cl)noc5C5CC5)(CC3)CC4)cc12. The Kier molecular flexibility index (Phi) is 7.46. The number of anilines is 1. The fourth-order valence-corrected chi connectivity index (χ4v) is 7.39. The molecule has 0 aliphatic heterocycles. The summed E-state index contributed by atoms with van der Waals surface area (Å²) >= 11 is 13.0. The maximum Gasteiger partial charge on any atom is 0.354 e. The Balaban J connectivity index is 1.04. The van der Waals surface area contributed by atoms with E-state index in [1.165, 1.54) is 0 Å². The molecule has 4 aliphatic carbocycles. The number of carbonyl (C=O) groups is 1. The molecule has 4 fully saturated rings. The first-order valence-electron chi connectivity index (χ1n) is 15.1. The number of halogens is 2. The van der Waals surface area contributed by atoms with Crippen LogP contribution in [0.5, 0.6) is 5.75 Å². The quantitative estimate of drug-likeness (QED) is 0.185. The van der Waals surface area contributed by atoms with Crippen molar-refractivity contribution in [1.29, 1.82) is 0 Å². The third-order valence-electron chi connectivity index (χ3n) is 9.72. The Morgan fingerprint density at radius 3 is 2.41 bits per heavy atom. The van der Waals surface area contributed by atoms with Crippen LogP contribution in [0.25, 0.3) is 22.2 Å². The predicted molar refractivity (Wildman–Crippen MR) is 168 cm³/mol. The lowest BCUT2D eigenvalue weighted by Crippen LogP contribution is -2.49. The highest BCUT2D eigenvalue weighted by Crippen LogP contribution is 2.55. The van der Waals surface area contributed by atoms with E-state index < -0.39 is 5.97 Å². The summed E-state index contributed by atoms with van der Waals surface area (Å²) in [5.74, 6) is 0.974. The van der Waals surface area contributed by atoms with Crippen LogP contribution >= 0.6 is 23.2 Å². The molecule has 0 atom stereocenters. The minimum absolute atomic E-state index is 0.0258. The van der Waals surface area contributed by atoms with Crippen molar-refractivity contribution in [3.05, 3.63) is 63.7 Å². The van der Waals surface area contributed by atoms with E-state index in [1.54, 1.807) is 18.5 Å². The average Bonchev–Trinajstić information content (AvgIpc) is 3.79. The van der Waals surface area contributed by atoms with Crippen LogP contribution in [0.15, 0.2) is 41.2 Å². The molecule has 3 aromatic heterocycles. The molecule has 0 saturated heterocycles. The molecule has 11 heteroatoms. The number of fused-ring (bicyclic) bond motifs is 4. The van der Waals surface area contributed by atoms with E-state index in [9.17, 15) is 9.90 Å². The van der Waals surface area contributed by atoms with E-state index >= 15 is 0 Å². The second kappa shape index (κ2) is 11.2. The van der Waals surface area contributed by atoms with Crippen LogP contribution in [-0.2, 0) is 11.3 Å². The standard InChI is InChI=1S/C33H34Cl2N4O5/c1-39(2)27-14-26(31(40)41)37-25-6-5-20(13-21(25)27)42-18-32-7-10-33(11-8-32,12-9-32)43-17-22-29(38-44-30(22)19-3-4-19)28-23(34)15-36-16-24(28)35/h5-6,13-16,19H,3-4,7-12,17-18H2,1-2H3,(H,40,41). The van der Waals surface area contributed by atoms with Crippen LogP contribution in [0.4, 0.5) is 5.69 Å². The van der Waals surface area contributed by atoms with Gasteiger partial charge in [0.1, 0.15) is 17.2 Å². The third-order valence-corrected chi connectivity index (χ3v) is 10.3. The number of ether oxygens (including phenoxy) is 2. The van der Waals surface area contributed by atoms with Crippen LogP contribution in [0.2, 0.25) is 10.0 Å². The van der Waals surface area contributed by atoms with Crippen molar-refractivity contribution in [1.82, 2.24) is 15.1 Å². The molecule has 0 radical (unpaired) electrons. The van der Waals surface area contributed by atoms with Crippen molar-refractivity contribution in [2.75, 3.05) is 25.6 Å². The van der Waals surface area contributed by atoms with Crippen molar-refractivity contribution in [3.63, 3.8) is 0 Å². The highest BCUT2D eigenvalue weighted by molar-refractivity contribution is 6.38. The summed E-state index contributed by atoms with van der Waals surface area (Å²) in [5, 5.41) is 15.6. The number of hydrogen-bond acceptors (Lipinski definition) is 8. The largest absolute Gasteiger partial charge is 0.493 e. The number of carboxylic acids is 1. The average molecular weight is 638 g/mol. The molecule has 8 rings (SSSR count). The topological polar surface area (TPSA) is 111 Å². The lowest BCUT2D eigenvalue weighted by molar-refractivity contribution is -0.150.